The van der Waals surface area contributed by atoms with E-state index in [0.717, 1.165) is 24.8 Å². The summed E-state index contributed by atoms with van der Waals surface area (Å²) in [4.78, 5) is 22.6. The smallest absolute Gasteiger partial charge is 0.272 e. The number of hydrogen-bond donors (Lipinski definition) is 2. The molecule has 1 aliphatic rings. The molecule has 2 N–H and O–H groups in total. The lowest BCUT2D eigenvalue weighted by molar-refractivity contribution is 0.0930. The van der Waals surface area contributed by atoms with Crippen LogP contribution in [-0.4, -0.2) is 43.0 Å². The molecule has 1 amide bonds. The van der Waals surface area contributed by atoms with E-state index in [9.17, 15) is 9.18 Å². The van der Waals surface area contributed by atoms with Crippen LogP contribution in [0.5, 0.6) is 0 Å². The summed E-state index contributed by atoms with van der Waals surface area (Å²) in [6, 6.07) is 4.63. The molecule has 0 aliphatic heterocycles. The second-order valence-electron chi connectivity index (χ2n) is 6.79. The predicted octanol–water partition coefficient (Wildman–Crippen LogP) is 2.27. The summed E-state index contributed by atoms with van der Waals surface area (Å²) >= 11 is 0. The van der Waals surface area contributed by atoms with E-state index >= 15 is 0 Å². The summed E-state index contributed by atoms with van der Waals surface area (Å²) in [6.07, 6.45) is 8.77. The minimum absolute atomic E-state index is 0.108. The summed E-state index contributed by atoms with van der Waals surface area (Å²) in [6.45, 7) is 1.79. The van der Waals surface area contributed by atoms with Gasteiger partial charge in [0.25, 0.3) is 5.91 Å². The summed E-state index contributed by atoms with van der Waals surface area (Å²) in [5.41, 5.74) is 1.50. The van der Waals surface area contributed by atoms with E-state index in [2.05, 4.69) is 30.8 Å². The number of aryl methyl sites for hydroxylation is 1. The van der Waals surface area contributed by atoms with Crippen molar-refractivity contribution in [3.63, 3.8) is 0 Å². The molecule has 3 heterocycles. The van der Waals surface area contributed by atoms with E-state index in [1.54, 1.807) is 31.5 Å². The third kappa shape index (κ3) is 3.68. The molecule has 0 bridgehead atoms. The van der Waals surface area contributed by atoms with Gasteiger partial charge in [-0.25, -0.2) is 14.4 Å². The number of anilines is 1. The Labute approximate surface area is 161 Å². The summed E-state index contributed by atoms with van der Waals surface area (Å²) < 4.78 is 14.1. The largest absolute Gasteiger partial charge is 0.363 e. The van der Waals surface area contributed by atoms with Crippen LogP contribution in [-0.2, 0) is 0 Å². The predicted molar refractivity (Wildman–Crippen MR) is 101 cm³/mol. The van der Waals surface area contributed by atoms with Crippen LogP contribution in [0, 0.1) is 12.7 Å². The number of nitrogens with zero attached hydrogens (tertiary/aromatic N) is 5. The zero-order valence-corrected chi connectivity index (χ0v) is 15.3. The molecule has 0 aromatic carbocycles. The van der Waals surface area contributed by atoms with Gasteiger partial charge in [-0.3, -0.25) is 4.79 Å². The van der Waals surface area contributed by atoms with Crippen molar-refractivity contribution in [3.8, 4) is 5.69 Å². The van der Waals surface area contributed by atoms with Crippen molar-refractivity contribution >= 4 is 11.7 Å². The lowest BCUT2D eigenvalue weighted by atomic mass is 10.1. The summed E-state index contributed by atoms with van der Waals surface area (Å²) in [7, 11) is 0. The number of pyridine rings is 2. The molecular formula is C19H20FN7O. The normalized spacial score (nSPS) is 18.8. The van der Waals surface area contributed by atoms with Crippen molar-refractivity contribution in [2.75, 3.05) is 5.32 Å². The Morgan fingerprint density at radius 3 is 2.75 bits per heavy atom. The number of aromatic nitrogens is 5. The van der Waals surface area contributed by atoms with Gasteiger partial charge in [0.1, 0.15) is 5.69 Å². The molecule has 4 rings (SSSR count). The van der Waals surface area contributed by atoms with Crippen LogP contribution >= 0.6 is 0 Å². The van der Waals surface area contributed by atoms with E-state index in [0.29, 0.717) is 5.69 Å². The first-order chi connectivity index (χ1) is 13.6. The maximum atomic E-state index is 14.1. The van der Waals surface area contributed by atoms with Gasteiger partial charge in [0.05, 0.1) is 12.4 Å². The molecule has 28 heavy (non-hydrogen) atoms. The fourth-order valence-electron chi connectivity index (χ4n) is 3.43. The molecule has 1 saturated carbocycles. The molecule has 2 atom stereocenters. The van der Waals surface area contributed by atoms with Crippen molar-refractivity contribution in [1.82, 2.24) is 30.3 Å². The van der Waals surface area contributed by atoms with Gasteiger partial charge >= 0.3 is 0 Å². The Morgan fingerprint density at radius 2 is 1.96 bits per heavy atom. The Balaban J connectivity index is 1.50. The SMILES string of the molecule is Cc1cnc(N[C@H]2CCC[C@@H]2NC(=O)c2ncccc2-n2nccn2)c(F)c1. The molecule has 8 nitrogen and oxygen atoms in total. The van der Waals surface area contributed by atoms with Crippen molar-refractivity contribution < 1.29 is 9.18 Å². The highest BCUT2D eigenvalue weighted by Gasteiger charge is 2.30. The number of halogens is 1. The highest BCUT2D eigenvalue weighted by molar-refractivity contribution is 5.95. The molecule has 9 heteroatoms. The second kappa shape index (κ2) is 7.71. The van der Waals surface area contributed by atoms with Crippen molar-refractivity contribution in [1.29, 1.82) is 0 Å². The van der Waals surface area contributed by atoms with Gasteiger partial charge in [0, 0.05) is 24.5 Å². The van der Waals surface area contributed by atoms with E-state index < -0.39 is 5.82 Å². The summed E-state index contributed by atoms with van der Waals surface area (Å²) in [5, 5.41) is 14.3. The average Bonchev–Trinajstić information content (AvgIpc) is 3.36. The fraction of sp³-hybridized carbons (Fsp3) is 0.316. The van der Waals surface area contributed by atoms with Gasteiger partial charge in [-0.15, -0.1) is 4.80 Å². The second-order valence-corrected chi connectivity index (χ2v) is 6.79. The van der Waals surface area contributed by atoms with E-state index in [4.69, 9.17) is 0 Å². The van der Waals surface area contributed by atoms with Crippen LogP contribution in [0.2, 0.25) is 0 Å². The van der Waals surface area contributed by atoms with Crippen molar-refractivity contribution in [2.24, 2.45) is 0 Å². The monoisotopic (exact) mass is 381 g/mol. The third-order valence-corrected chi connectivity index (χ3v) is 4.77. The molecule has 0 saturated heterocycles. The number of nitrogens with one attached hydrogen (secondary N) is 2. The minimum Gasteiger partial charge on any atom is -0.363 e. The Bertz CT molecular complexity index is 976. The number of hydrogen-bond acceptors (Lipinski definition) is 6. The number of amides is 1. The van der Waals surface area contributed by atoms with Crippen molar-refractivity contribution in [3.05, 3.63) is 60.1 Å². The molecule has 1 fully saturated rings. The first-order valence-electron chi connectivity index (χ1n) is 9.13. The fourth-order valence-corrected chi connectivity index (χ4v) is 3.43. The van der Waals surface area contributed by atoms with Crippen LogP contribution in [0.1, 0.15) is 35.3 Å². The van der Waals surface area contributed by atoms with Crippen LogP contribution < -0.4 is 10.6 Å². The van der Waals surface area contributed by atoms with Gasteiger partial charge in [-0.1, -0.05) is 0 Å². The summed E-state index contributed by atoms with van der Waals surface area (Å²) in [5.74, 6) is -0.506. The maximum Gasteiger partial charge on any atom is 0.272 e. The molecular weight excluding hydrogens is 361 g/mol. The minimum atomic E-state index is -0.395. The van der Waals surface area contributed by atoms with Gasteiger partial charge < -0.3 is 10.6 Å². The standard InChI is InChI=1S/C19H20FN7O/c1-12-10-13(20)18(22-11-12)25-14-4-2-5-15(14)26-19(28)17-16(6-3-7-21-17)27-23-8-9-24-27/h3,6-11,14-15H,2,4-5H2,1H3,(H,22,25)(H,26,28)/t14-,15-/m0/s1. The Kier molecular flexibility index (Phi) is 4.96. The van der Waals surface area contributed by atoms with Crippen molar-refractivity contribution in [2.45, 2.75) is 38.3 Å². The Hall–Kier alpha value is -3.36. The zero-order chi connectivity index (χ0) is 19.5. The van der Waals surface area contributed by atoms with Crippen LogP contribution in [0.15, 0.2) is 43.0 Å². The van der Waals surface area contributed by atoms with Gasteiger partial charge in [0.15, 0.2) is 17.3 Å². The number of carbonyl (C=O) groups excluding carboxylic acids is 1. The molecule has 1 aliphatic carbocycles. The highest BCUT2D eigenvalue weighted by atomic mass is 19.1. The first-order valence-corrected chi connectivity index (χ1v) is 9.13. The quantitative estimate of drug-likeness (QED) is 0.704. The Morgan fingerprint density at radius 1 is 1.18 bits per heavy atom. The van der Waals surface area contributed by atoms with E-state index in [1.807, 2.05) is 0 Å². The lowest BCUT2D eigenvalue weighted by Crippen LogP contribution is -2.44. The maximum absolute atomic E-state index is 14.1. The van der Waals surface area contributed by atoms with Gasteiger partial charge in [-0.05, 0) is 49.9 Å². The first kappa shape index (κ1) is 18.0. The third-order valence-electron chi connectivity index (χ3n) is 4.77. The van der Waals surface area contributed by atoms with E-state index in [-0.39, 0.29) is 29.5 Å². The zero-order valence-electron chi connectivity index (χ0n) is 15.3. The molecule has 3 aromatic rings. The molecule has 0 unspecified atom stereocenters. The van der Waals surface area contributed by atoms with E-state index in [1.165, 1.54) is 23.3 Å². The lowest BCUT2D eigenvalue weighted by Gasteiger charge is -2.23. The number of carbonyl (C=O) groups is 1. The molecule has 0 radical (unpaired) electrons. The molecule has 3 aromatic heterocycles. The van der Waals surface area contributed by atoms with Gasteiger partial charge in [0.2, 0.25) is 0 Å². The van der Waals surface area contributed by atoms with Crippen LogP contribution in [0.4, 0.5) is 10.2 Å². The highest BCUT2D eigenvalue weighted by Crippen LogP contribution is 2.24. The molecule has 0 spiro atoms. The number of rotatable bonds is 5. The van der Waals surface area contributed by atoms with Gasteiger partial charge in [-0.2, -0.15) is 10.2 Å². The average molecular weight is 381 g/mol. The van der Waals surface area contributed by atoms with Crippen LogP contribution in [0.3, 0.4) is 0 Å². The topological polar surface area (TPSA) is 97.6 Å². The van der Waals surface area contributed by atoms with Crippen LogP contribution in [0.25, 0.3) is 5.69 Å². The molecule has 144 valence electrons.